The van der Waals surface area contributed by atoms with Gasteiger partial charge in [0.15, 0.2) is 0 Å². The van der Waals surface area contributed by atoms with Gasteiger partial charge in [0.05, 0.1) is 0 Å². The molecule has 0 aromatic heterocycles. The van der Waals surface area contributed by atoms with E-state index in [2.05, 4.69) is 38.2 Å². The molecular weight excluding hydrogens is 238 g/mol. The maximum Gasteiger partial charge on any atom is 0.228 e. The molecule has 112 valence electrons. The number of rotatable bonds is 6. The van der Waals surface area contributed by atoms with Crippen LogP contribution in [-0.2, 0) is 4.79 Å². The van der Waals surface area contributed by atoms with Crippen molar-refractivity contribution in [2.24, 2.45) is 11.3 Å². The predicted molar refractivity (Wildman–Crippen MR) is 80.2 cm³/mol. The number of amides is 1. The first-order valence-corrected chi connectivity index (χ1v) is 7.46. The predicted octanol–water partition coefficient (Wildman–Crippen LogP) is 1.42. The van der Waals surface area contributed by atoms with Gasteiger partial charge in [-0.2, -0.15) is 0 Å². The maximum absolute atomic E-state index is 12.6. The minimum Gasteiger partial charge on any atom is -0.345 e. The molecule has 1 fully saturated rings. The van der Waals surface area contributed by atoms with Gasteiger partial charge in [0.1, 0.15) is 0 Å². The van der Waals surface area contributed by atoms with Crippen LogP contribution in [0.5, 0.6) is 0 Å². The molecule has 1 aliphatic rings. The van der Waals surface area contributed by atoms with Crippen molar-refractivity contribution in [2.75, 3.05) is 47.3 Å². The summed E-state index contributed by atoms with van der Waals surface area (Å²) in [4.78, 5) is 16.7. The lowest BCUT2D eigenvalue weighted by molar-refractivity contribution is -0.142. The Balaban J connectivity index is 2.48. The zero-order chi connectivity index (χ0) is 14.5. The molecule has 0 aliphatic carbocycles. The molecule has 4 nitrogen and oxygen atoms in total. The van der Waals surface area contributed by atoms with Crippen LogP contribution in [0, 0.1) is 11.3 Å². The molecule has 0 aromatic carbocycles. The number of hydrogen-bond acceptors (Lipinski definition) is 3. The topological polar surface area (TPSA) is 35.6 Å². The Bertz CT molecular complexity index is 283. The normalized spacial score (nSPS) is 20.6. The molecule has 0 saturated carbocycles. The summed E-state index contributed by atoms with van der Waals surface area (Å²) in [7, 11) is 6.08. The second-order valence-corrected chi connectivity index (χ2v) is 6.65. The van der Waals surface area contributed by atoms with Crippen LogP contribution in [0.3, 0.4) is 0 Å². The lowest BCUT2D eigenvalue weighted by atomic mass is 9.74. The van der Waals surface area contributed by atoms with Crippen LogP contribution in [0.25, 0.3) is 0 Å². The van der Waals surface area contributed by atoms with Crippen molar-refractivity contribution >= 4 is 5.91 Å². The van der Waals surface area contributed by atoms with Crippen molar-refractivity contribution in [1.29, 1.82) is 0 Å². The largest absolute Gasteiger partial charge is 0.345 e. The summed E-state index contributed by atoms with van der Waals surface area (Å²) >= 11 is 0. The Morgan fingerprint density at radius 2 is 1.95 bits per heavy atom. The minimum absolute atomic E-state index is 0.250. The summed E-state index contributed by atoms with van der Waals surface area (Å²) < 4.78 is 0. The van der Waals surface area contributed by atoms with Gasteiger partial charge in [-0.3, -0.25) is 4.79 Å². The molecule has 0 bridgehead atoms. The number of piperidine rings is 1. The van der Waals surface area contributed by atoms with E-state index in [0.717, 1.165) is 39.0 Å². The fourth-order valence-corrected chi connectivity index (χ4v) is 2.86. The summed E-state index contributed by atoms with van der Waals surface area (Å²) in [6, 6.07) is 0. The molecule has 19 heavy (non-hydrogen) atoms. The van der Waals surface area contributed by atoms with Gasteiger partial charge < -0.3 is 15.1 Å². The average molecular weight is 269 g/mol. The third-order valence-electron chi connectivity index (χ3n) is 4.31. The summed E-state index contributed by atoms with van der Waals surface area (Å²) in [5.41, 5.74) is -0.250. The van der Waals surface area contributed by atoms with Gasteiger partial charge >= 0.3 is 0 Å². The number of nitrogens with zero attached hydrogens (tertiary/aromatic N) is 2. The molecule has 1 aliphatic heterocycles. The van der Waals surface area contributed by atoms with Crippen LogP contribution in [-0.4, -0.2) is 63.0 Å². The van der Waals surface area contributed by atoms with Gasteiger partial charge in [0.25, 0.3) is 0 Å². The van der Waals surface area contributed by atoms with Crippen molar-refractivity contribution in [3.63, 3.8) is 0 Å². The monoisotopic (exact) mass is 269 g/mol. The fraction of sp³-hybridized carbons (Fsp3) is 0.933. The van der Waals surface area contributed by atoms with Gasteiger partial charge in [-0.1, -0.05) is 13.8 Å². The van der Waals surface area contributed by atoms with E-state index in [4.69, 9.17) is 0 Å². The second-order valence-electron chi connectivity index (χ2n) is 6.65. The van der Waals surface area contributed by atoms with Crippen LogP contribution in [0.2, 0.25) is 0 Å². The Morgan fingerprint density at radius 3 is 2.47 bits per heavy atom. The van der Waals surface area contributed by atoms with E-state index >= 15 is 0 Å². The van der Waals surface area contributed by atoms with Crippen LogP contribution < -0.4 is 5.32 Å². The zero-order valence-corrected chi connectivity index (χ0v) is 13.3. The highest BCUT2D eigenvalue weighted by atomic mass is 16.2. The van der Waals surface area contributed by atoms with Crippen LogP contribution in [0.15, 0.2) is 0 Å². The highest BCUT2D eigenvalue weighted by Crippen LogP contribution is 2.33. The Labute approximate surface area is 118 Å². The number of nitrogens with one attached hydrogen (secondary N) is 1. The van der Waals surface area contributed by atoms with Crippen LogP contribution >= 0.6 is 0 Å². The number of carbonyl (C=O) groups is 1. The molecule has 4 heteroatoms. The Kier molecular flexibility index (Phi) is 6.27. The zero-order valence-electron chi connectivity index (χ0n) is 13.3. The molecule has 1 atom stereocenters. The first-order chi connectivity index (χ1) is 8.85. The van der Waals surface area contributed by atoms with Gasteiger partial charge in [-0.25, -0.2) is 0 Å². The number of hydrogen-bond donors (Lipinski definition) is 1. The molecule has 1 heterocycles. The Hall–Kier alpha value is -0.610. The maximum atomic E-state index is 12.6. The van der Waals surface area contributed by atoms with Gasteiger partial charge in [0, 0.05) is 19.0 Å². The van der Waals surface area contributed by atoms with E-state index in [9.17, 15) is 4.79 Å². The Morgan fingerprint density at radius 1 is 1.26 bits per heavy atom. The first kappa shape index (κ1) is 16.4. The molecule has 0 radical (unpaired) electrons. The van der Waals surface area contributed by atoms with Crippen LogP contribution in [0.4, 0.5) is 0 Å². The summed E-state index contributed by atoms with van der Waals surface area (Å²) in [5, 5.41) is 3.42. The molecule has 1 unspecified atom stereocenters. The van der Waals surface area contributed by atoms with E-state index < -0.39 is 0 Å². The van der Waals surface area contributed by atoms with Gasteiger partial charge in [-0.05, 0) is 58.9 Å². The van der Waals surface area contributed by atoms with Crippen molar-refractivity contribution < 1.29 is 4.79 Å². The SMILES string of the molecule is CN(C)CCCN(C)C(=O)C(C)(C)C1CCCNC1. The summed E-state index contributed by atoms with van der Waals surface area (Å²) in [6.45, 7) is 8.16. The second kappa shape index (κ2) is 7.25. The molecule has 1 N–H and O–H groups in total. The molecular formula is C15H31N3O. The molecule has 1 saturated heterocycles. The lowest BCUT2D eigenvalue weighted by Crippen LogP contribution is -2.48. The summed E-state index contributed by atoms with van der Waals surface area (Å²) in [6.07, 6.45) is 3.39. The standard InChI is InChI=1S/C15H31N3O/c1-15(2,13-8-6-9-16-12-13)14(19)18(5)11-7-10-17(3)4/h13,16H,6-12H2,1-5H3. The summed E-state index contributed by atoms with van der Waals surface area (Å²) in [5.74, 6) is 0.755. The van der Waals surface area contributed by atoms with Crippen molar-refractivity contribution in [3.8, 4) is 0 Å². The minimum atomic E-state index is -0.250. The number of carbonyl (C=O) groups excluding carboxylic acids is 1. The van der Waals surface area contributed by atoms with Crippen molar-refractivity contribution in [1.82, 2.24) is 15.1 Å². The van der Waals surface area contributed by atoms with Crippen molar-refractivity contribution in [2.45, 2.75) is 33.1 Å². The highest BCUT2D eigenvalue weighted by molar-refractivity contribution is 5.82. The third-order valence-corrected chi connectivity index (χ3v) is 4.31. The quantitative estimate of drug-likeness (QED) is 0.792. The molecule has 0 aromatic rings. The van der Waals surface area contributed by atoms with E-state index in [0.29, 0.717) is 11.8 Å². The smallest absolute Gasteiger partial charge is 0.228 e. The molecule has 1 amide bonds. The van der Waals surface area contributed by atoms with E-state index in [-0.39, 0.29) is 5.41 Å². The fourth-order valence-electron chi connectivity index (χ4n) is 2.86. The first-order valence-electron chi connectivity index (χ1n) is 7.46. The lowest BCUT2D eigenvalue weighted by Gasteiger charge is -2.38. The van der Waals surface area contributed by atoms with E-state index in [1.165, 1.54) is 6.42 Å². The average Bonchev–Trinajstić information content (AvgIpc) is 2.38. The van der Waals surface area contributed by atoms with Crippen molar-refractivity contribution in [3.05, 3.63) is 0 Å². The molecule has 0 spiro atoms. The van der Waals surface area contributed by atoms with Crippen LogP contribution in [0.1, 0.15) is 33.1 Å². The van der Waals surface area contributed by atoms with E-state index in [1.54, 1.807) is 0 Å². The molecule has 1 rings (SSSR count). The highest BCUT2D eigenvalue weighted by Gasteiger charge is 2.38. The van der Waals surface area contributed by atoms with E-state index in [1.807, 2.05) is 11.9 Å². The third kappa shape index (κ3) is 4.77. The van der Waals surface area contributed by atoms with Gasteiger partial charge in [-0.15, -0.1) is 0 Å². The van der Waals surface area contributed by atoms with Gasteiger partial charge in [0.2, 0.25) is 5.91 Å².